The minimum absolute atomic E-state index is 0.0933. The van der Waals surface area contributed by atoms with Crippen LogP contribution in [0.3, 0.4) is 0 Å². The van der Waals surface area contributed by atoms with E-state index in [0.29, 0.717) is 27.9 Å². The molecule has 2 aromatic carbocycles. The number of rotatable bonds is 4. The molecule has 35 heavy (non-hydrogen) atoms. The van der Waals surface area contributed by atoms with Crippen LogP contribution in [0, 0.1) is 0 Å². The van der Waals surface area contributed by atoms with Crippen molar-refractivity contribution < 1.29 is 18.0 Å². The van der Waals surface area contributed by atoms with E-state index in [-0.39, 0.29) is 5.56 Å². The Balaban J connectivity index is 1.46. The van der Waals surface area contributed by atoms with E-state index in [1.165, 1.54) is 12.1 Å². The zero-order valence-corrected chi connectivity index (χ0v) is 18.5. The summed E-state index contributed by atoms with van der Waals surface area (Å²) in [5, 5.41) is 7.65. The average Bonchev–Trinajstić information content (AvgIpc) is 3.28. The van der Waals surface area contributed by atoms with Crippen LogP contribution in [-0.2, 0) is 6.18 Å². The van der Waals surface area contributed by atoms with Gasteiger partial charge in [0.05, 0.1) is 17.0 Å². The Morgan fingerprint density at radius 1 is 0.886 bits per heavy atom. The predicted molar refractivity (Wildman–Crippen MR) is 126 cm³/mol. The highest BCUT2D eigenvalue weighted by Gasteiger charge is 2.30. The van der Waals surface area contributed by atoms with Gasteiger partial charge in [0.2, 0.25) is 0 Å². The summed E-state index contributed by atoms with van der Waals surface area (Å²) in [4.78, 5) is 21.0. The van der Waals surface area contributed by atoms with Crippen LogP contribution in [0.1, 0.15) is 15.9 Å². The first-order valence-electron chi connectivity index (χ1n) is 10.3. The number of hydrogen-bond donors (Lipinski definition) is 1. The molecule has 5 rings (SSSR count). The molecule has 0 atom stereocenters. The lowest BCUT2D eigenvalue weighted by atomic mass is 10.1. The van der Waals surface area contributed by atoms with Gasteiger partial charge >= 0.3 is 6.18 Å². The van der Waals surface area contributed by atoms with E-state index in [4.69, 9.17) is 11.6 Å². The number of fused-ring (bicyclic) bond motifs is 1. The van der Waals surface area contributed by atoms with Crippen molar-refractivity contribution in [3.8, 4) is 22.5 Å². The summed E-state index contributed by atoms with van der Waals surface area (Å²) < 4.78 is 40.7. The molecule has 0 aliphatic heterocycles. The number of carbonyl (C=O) groups is 1. The predicted octanol–water partition coefficient (Wildman–Crippen LogP) is 6.38. The van der Waals surface area contributed by atoms with Crippen LogP contribution in [0.2, 0.25) is 5.15 Å². The van der Waals surface area contributed by atoms with Gasteiger partial charge in [-0.3, -0.25) is 4.79 Å². The van der Waals surface area contributed by atoms with Gasteiger partial charge in [0, 0.05) is 40.8 Å². The molecular formula is C25H15ClF3N5O. The van der Waals surface area contributed by atoms with Gasteiger partial charge in [0.1, 0.15) is 5.15 Å². The van der Waals surface area contributed by atoms with Gasteiger partial charge in [-0.1, -0.05) is 29.8 Å². The third kappa shape index (κ3) is 4.71. The molecule has 3 heterocycles. The number of carbonyl (C=O) groups excluding carboxylic acids is 1. The van der Waals surface area contributed by atoms with E-state index < -0.39 is 17.6 Å². The SMILES string of the molecule is O=C(Nc1cccc(-c2ccnc3cc(-c4ccnc(Cl)c4)nn23)c1)c1cccc(C(F)(F)F)c1. The maximum atomic E-state index is 13.0. The zero-order valence-electron chi connectivity index (χ0n) is 17.8. The first kappa shape index (κ1) is 22.5. The van der Waals surface area contributed by atoms with Crippen molar-refractivity contribution in [2.45, 2.75) is 6.18 Å². The van der Waals surface area contributed by atoms with Gasteiger partial charge in [-0.15, -0.1) is 0 Å². The Bertz CT molecular complexity index is 1560. The summed E-state index contributed by atoms with van der Waals surface area (Å²) in [7, 11) is 0. The minimum atomic E-state index is -4.53. The summed E-state index contributed by atoms with van der Waals surface area (Å²) >= 11 is 6.00. The van der Waals surface area contributed by atoms with Crippen molar-refractivity contribution in [2.75, 3.05) is 5.32 Å². The van der Waals surface area contributed by atoms with Crippen LogP contribution in [-0.4, -0.2) is 25.5 Å². The van der Waals surface area contributed by atoms with Gasteiger partial charge in [-0.2, -0.15) is 18.3 Å². The zero-order chi connectivity index (χ0) is 24.6. The lowest BCUT2D eigenvalue weighted by Crippen LogP contribution is -2.14. The van der Waals surface area contributed by atoms with Gasteiger partial charge in [0.15, 0.2) is 5.65 Å². The molecule has 0 radical (unpaired) electrons. The monoisotopic (exact) mass is 493 g/mol. The molecule has 0 unspecified atom stereocenters. The molecule has 0 saturated carbocycles. The van der Waals surface area contributed by atoms with E-state index in [0.717, 1.165) is 23.3 Å². The van der Waals surface area contributed by atoms with Crippen LogP contribution in [0.4, 0.5) is 18.9 Å². The molecule has 0 aliphatic rings. The Hall–Kier alpha value is -4.24. The van der Waals surface area contributed by atoms with Crippen LogP contribution < -0.4 is 5.32 Å². The largest absolute Gasteiger partial charge is 0.416 e. The summed E-state index contributed by atoms with van der Waals surface area (Å²) in [6, 6.07) is 18.3. The molecule has 0 fully saturated rings. The van der Waals surface area contributed by atoms with E-state index in [9.17, 15) is 18.0 Å². The Morgan fingerprint density at radius 3 is 2.49 bits per heavy atom. The van der Waals surface area contributed by atoms with Gasteiger partial charge in [-0.05, 0) is 48.5 Å². The molecule has 174 valence electrons. The first-order valence-corrected chi connectivity index (χ1v) is 10.7. The fourth-order valence-corrected chi connectivity index (χ4v) is 3.79. The second kappa shape index (κ2) is 8.84. The Morgan fingerprint density at radius 2 is 1.69 bits per heavy atom. The number of pyridine rings is 1. The second-order valence-corrected chi connectivity index (χ2v) is 8.00. The number of halogens is 4. The smallest absolute Gasteiger partial charge is 0.322 e. The highest BCUT2D eigenvalue weighted by molar-refractivity contribution is 6.29. The van der Waals surface area contributed by atoms with Gasteiger partial charge in [-0.25, -0.2) is 14.5 Å². The molecule has 0 aliphatic carbocycles. The number of benzene rings is 2. The third-order valence-corrected chi connectivity index (χ3v) is 5.46. The molecule has 1 amide bonds. The van der Waals surface area contributed by atoms with Crippen LogP contribution in [0.25, 0.3) is 28.2 Å². The molecule has 0 saturated heterocycles. The maximum Gasteiger partial charge on any atom is 0.416 e. The fraction of sp³-hybridized carbons (Fsp3) is 0.0400. The molecule has 1 N–H and O–H groups in total. The minimum Gasteiger partial charge on any atom is -0.322 e. The van der Waals surface area contributed by atoms with E-state index >= 15 is 0 Å². The standard InChI is InChI=1S/C25H15ClF3N5O/c26-22-13-15(7-9-30-22)20-14-23-31-10-8-21(34(23)33-20)16-3-2-6-19(12-16)32-24(35)17-4-1-5-18(11-17)25(27,28)29/h1-14H,(H,32,35). The highest BCUT2D eigenvalue weighted by atomic mass is 35.5. The van der Waals surface area contributed by atoms with E-state index in [1.807, 2.05) is 12.1 Å². The number of nitrogens with zero attached hydrogens (tertiary/aromatic N) is 4. The summed E-state index contributed by atoms with van der Waals surface area (Å²) in [6.07, 6.45) is -1.30. The lowest BCUT2D eigenvalue weighted by Gasteiger charge is -2.11. The number of anilines is 1. The van der Waals surface area contributed by atoms with Crippen molar-refractivity contribution in [1.29, 1.82) is 0 Å². The number of aromatic nitrogens is 4. The highest BCUT2D eigenvalue weighted by Crippen LogP contribution is 2.30. The second-order valence-electron chi connectivity index (χ2n) is 7.61. The number of nitrogens with one attached hydrogen (secondary N) is 1. The molecule has 3 aromatic heterocycles. The summed E-state index contributed by atoms with van der Waals surface area (Å²) in [5.41, 5.74) is 2.91. The van der Waals surface area contributed by atoms with Crippen molar-refractivity contribution in [2.24, 2.45) is 0 Å². The van der Waals surface area contributed by atoms with Crippen molar-refractivity contribution in [1.82, 2.24) is 19.6 Å². The number of amides is 1. The van der Waals surface area contributed by atoms with Crippen LogP contribution in [0.5, 0.6) is 0 Å². The van der Waals surface area contributed by atoms with Gasteiger partial charge < -0.3 is 5.32 Å². The van der Waals surface area contributed by atoms with Gasteiger partial charge in [0.25, 0.3) is 5.91 Å². The average molecular weight is 494 g/mol. The summed E-state index contributed by atoms with van der Waals surface area (Å²) in [5.74, 6) is -0.649. The van der Waals surface area contributed by atoms with Crippen molar-refractivity contribution >= 4 is 28.8 Å². The van der Waals surface area contributed by atoms with Crippen LogP contribution >= 0.6 is 11.6 Å². The Labute approximate surface area is 202 Å². The van der Waals surface area contributed by atoms with Crippen molar-refractivity contribution in [3.63, 3.8) is 0 Å². The molecular weight excluding hydrogens is 479 g/mol. The topological polar surface area (TPSA) is 72.2 Å². The molecule has 6 nitrogen and oxygen atoms in total. The van der Waals surface area contributed by atoms with Crippen molar-refractivity contribution in [3.05, 3.63) is 101 Å². The third-order valence-electron chi connectivity index (χ3n) is 5.25. The van der Waals surface area contributed by atoms with E-state index in [2.05, 4.69) is 20.4 Å². The molecule has 10 heteroatoms. The first-order chi connectivity index (χ1) is 16.8. The fourth-order valence-electron chi connectivity index (χ4n) is 3.61. The lowest BCUT2D eigenvalue weighted by molar-refractivity contribution is -0.137. The summed E-state index contributed by atoms with van der Waals surface area (Å²) in [6.45, 7) is 0. The molecule has 0 bridgehead atoms. The number of alkyl halides is 3. The van der Waals surface area contributed by atoms with Crippen LogP contribution in [0.15, 0.2) is 85.2 Å². The molecule has 0 spiro atoms. The van der Waals surface area contributed by atoms with E-state index in [1.54, 1.807) is 53.3 Å². The quantitative estimate of drug-likeness (QED) is 0.295. The normalized spacial score (nSPS) is 11.5. The molecule has 5 aromatic rings. The maximum absolute atomic E-state index is 13.0. The number of hydrogen-bond acceptors (Lipinski definition) is 4. The Kier molecular flexibility index (Phi) is 5.70.